The standard InChI is InChI=1S/C22H18Cl2N2O3/c23-16-9-17(24)11-18(10-16)26-22(27)21(15-4-2-1-3-5-15)25-12-14-6-7-19-20(8-14)29-13-28-19/h1-11,21,25H,12-13H2,(H,26,27)/t21-/m0/s1. The lowest BCUT2D eigenvalue weighted by molar-refractivity contribution is -0.118. The Balaban J connectivity index is 1.52. The van der Waals surface area contributed by atoms with Gasteiger partial charge in [0.1, 0.15) is 6.04 Å². The predicted octanol–water partition coefficient (Wildman–Crippen LogP) is 5.19. The van der Waals surface area contributed by atoms with E-state index in [-0.39, 0.29) is 12.7 Å². The molecule has 3 aromatic carbocycles. The Morgan fingerprint density at radius 3 is 2.41 bits per heavy atom. The Kier molecular flexibility index (Phi) is 5.90. The van der Waals surface area contributed by atoms with Gasteiger partial charge < -0.3 is 14.8 Å². The normalized spacial score (nSPS) is 13.2. The van der Waals surface area contributed by atoms with Gasteiger partial charge in [-0.1, -0.05) is 59.6 Å². The van der Waals surface area contributed by atoms with Crippen LogP contribution in [-0.2, 0) is 11.3 Å². The molecule has 0 radical (unpaired) electrons. The molecule has 148 valence electrons. The maximum atomic E-state index is 13.0. The first kappa shape index (κ1) is 19.6. The van der Waals surface area contributed by atoms with Gasteiger partial charge in [0.2, 0.25) is 12.7 Å². The van der Waals surface area contributed by atoms with Crippen molar-refractivity contribution in [1.29, 1.82) is 0 Å². The second-order valence-electron chi connectivity index (χ2n) is 6.56. The highest BCUT2D eigenvalue weighted by molar-refractivity contribution is 6.35. The Hall–Kier alpha value is -2.73. The molecule has 0 fully saturated rings. The van der Waals surface area contributed by atoms with E-state index in [9.17, 15) is 4.79 Å². The van der Waals surface area contributed by atoms with Crippen molar-refractivity contribution in [2.75, 3.05) is 12.1 Å². The van der Waals surface area contributed by atoms with E-state index in [0.29, 0.717) is 28.0 Å². The highest BCUT2D eigenvalue weighted by atomic mass is 35.5. The summed E-state index contributed by atoms with van der Waals surface area (Å²) < 4.78 is 10.8. The van der Waals surface area contributed by atoms with E-state index in [2.05, 4.69) is 10.6 Å². The van der Waals surface area contributed by atoms with Crippen molar-refractivity contribution in [3.63, 3.8) is 0 Å². The summed E-state index contributed by atoms with van der Waals surface area (Å²) in [6.45, 7) is 0.698. The monoisotopic (exact) mass is 428 g/mol. The summed E-state index contributed by atoms with van der Waals surface area (Å²) in [6, 6.07) is 19.6. The van der Waals surface area contributed by atoms with E-state index >= 15 is 0 Å². The van der Waals surface area contributed by atoms with Crippen LogP contribution in [-0.4, -0.2) is 12.7 Å². The minimum Gasteiger partial charge on any atom is -0.454 e. The molecule has 4 rings (SSSR count). The number of fused-ring (bicyclic) bond motifs is 1. The van der Waals surface area contributed by atoms with Crippen LogP contribution in [0.4, 0.5) is 5.69 Å². The lowest BCUT2D eigenvalue weighted by Crippen LogP contribution is -2.32. The van der Waals surface area contributed by atoms with Crippen molar-refractivity contribution in [3.8, 4) is 11.5 Å². The number of carbonyl (C=O) groups excluding carboxylic acids is 1. The average molecular weight is 429 g/mol. The van der Waals surface area contributed by atoms with Gasteiger partial charge in [-0.3, -0.25) is 10.1 Å². The number of nitrogens with one attached hydrogen (secondary N) is 2. The summed E-state index contributed by atoms with van der Waals surface area (Å²) in [6.07, 6.45) is 0. The fraction of sp³-hybridized carbons (Fsp3) is 0.136. The number of hydrogen-bond donors (Lipinski definition) is 2. The maximum absolute atomic E-state index is 13.0. The number of benzene rings is 3. The fourth-order valence-electron chi connectivity index (χ4n) is 3.12. The first-order chi connectivity index (χ1) is 14.1. The Labute approximate surface area is 178 Å². The topological polar surface area (TPSA) is 59.6 Å². The van der Waals surface area contributed by atoms with Crippen LogP contribution in [0.15, 0.2) is 66.7 Å². The molecular formula is C22H18Cl2N2O3. The lowest BCUT2D eigenvalue weighted by Gasteiger charge is -2.19. The van der Waals surface area contributed by atoms with E-state index in [1.54, 1.807) is 18.2 Å². The van der Waals surface area contributed by atoms with Gasteiger partial charge in [0.25, 0.3) is 0 Å². The average Bonchev–Trinajstić information content (AvgIpc) is 3.16. The minimum atomic E-state index is -0.570. The lowest BCUT2D eigenvalue weighted by atomic mass is 10.1. The third-order valence-corrected chi connectivity index (χ3v) is 4.91. The van der Waals surface area contributed by atoms with Crippen LogP contribution < -0.4 is 20.1 Å². The summed E-state index contributed by atoms with van der Waals surface area (Å²) in [5.74, 6) is 1.22. The predicted molar refractivity (Wildman–Crippen MR) is 114 cm³/mol. The van der Waals surface area contributed by atoms with Crippen molar-refractivity contribution in [1.82, 2.24) is 5.32 Å². The zero-order chi connectivity index (χ0) is 20.2. The van der Waals surface area contributed by atoms with Gasteiger partial charge in [-0.15, -0.1) is 0 Å². The molecule has 0 aliphatic carbocycles. The van der Waals surface area contributed by atoms with E-state index in [4.69, 9.17) is 32.7 Å². The van der Waals surface area contributed by atoms with Crippen molar-refractivity contribution in [2.24, 2.45) is 0 Å². The molecular weight excluding hydrogens is 411 g/mol. The first-order valence-corrected chi connectivity index (χ1v) is 9.78. The summed E-state index contributed by atoms with van der Waals surface area (Å²) in [7, 11) is 0. The zero-order valence-electron chi connectivity index (χ0n) is 15.3. The van der Waals surface area contributed by atoms with Crippen molar-refractivity contribution in [2.45, 2.75) is 12.6 Å². The van der Waals surface area contributed by atoms with Crippen LogP contribution in [0.1, 0.15) is 17.2 Å². The number of rotatable bonds is 6. The molecule has 1 aliphatic heterocycles. The van der Waals surface area contributed by atoms with E-state index < -0.39 is 6.04 Å². The van der Waals surface area contributed by atoms with Gasteiger partial charge in [0.15, 0.2) is 11.5 Å². The molecule has 1 atom stereocenters. The first-order valence-electron chi connectivity index (χ1n) is 9.02. The molecule has 0 bridgehead atoms. The molecule has 5 nitrogen and oxygen atoms in total. The summed E-state index contributed by atoms with van der Waals surface area (Å²) in [5, 5.41) is 7.12. The zero-order valence-corrected chi connectivity index (χ0v) is 16.8. The van der Waals surface area contributed by atoms with Gasteiger partial charge in [0, 0.05) is 22.3 Å². The SMILES string of the molecule is O=C(Nc1cc(Cl)cc(Cl)c1)[C@@H](NCc1ccc2c(c1)OCO2)c1ccccc1. The Bertz CT molecular complexity index is 1010. The number of hydrogen-bond acceptors (Lipinski definition) is 4. The molecule has 1 aliphatic rings. The molecule has 0 unspecified atom stereocenters. The van der Waals surface area contributed by atoms with Gasteiger partial charge in [0.05, 0.1) is 0 Å². The van der Waals surface area contributed by atoms with Crippen molar-refractivity contribution < 1.29 is 14.3 Å². The van der Waals surface area contributed by atoms with Crippen LogP contribution in [0.5, 0.6) is 11.5 Å². The molecule has 1 heterocycles. The molecule has 7 heteroatoms. The van der Waals surface area contributed by atoms with Gasteiger partial charge in [-0.05, 0) is 41.5 Å². The maximum Gasteiger partial charge on any atom is 0.246 e. The largest absolute Gasteiger partial charge is 0.454 e. The summed E-state index contributed by atoms with van der Waals surface area (Å²) >= 11 is 12.1. The molecule has 0 spiro atoms. The fourth-order valence-corrected chi connectivity index (χ4v) is 3.64. The molecule has 3 aromatic rings. The smallest absolute Gasteiger partial charge is 0.246 e. The number of halogens is 2. The molecule has 2 N–H and O–H groups in total. The van der Waals surface area contributed by atoms with Crippen LogP contribution in [0.2, 0.25) is 10.0 Å². The second kappa shape index (κ2) is 8.74. The highest BCUT2D eigenvalue weighted by Gasteiger charge is 2.21. The number of anilines is 1. The van der Waals surface area contributed by atoms with Gasteiger partial charge >= 0.3 is 0 Å². The van der Waals surface area contributed by atoms with Gasteiger partial charge in [-0.25, -0.2) is 0 Å². The summed E-state index contributed by atoms with van der Waals surface area (Å²) in [5.41, 5.74) is 2.37. The van der Waals surface area contributed by atoms with Crippen LogP contribution in [0, 0.1) is 0 Å². The third kappa shape index (κ3) is 4.82. The van der Waals surface area contributed by atoms with Crippen LogP contribution in [0.25, 0.3) is 0 Å². The number of amides is 1. The van der Waals surface area contributed by atoms with Crippen molar-refractivity contribution in [3.05, 3.63) is 87.9 Å². The molecule has 0 saturated carbocycles. The Morgan fingerprint density at radius 1 is 0.931 bits per heavy atom. The van der Waals surface area contributed by atoms with Crippen LogP contribution >= 0.6 is 23.2 Å². The molecule has 0 saturated heterocycles. The van der Waals surface area contributed by atoms with E-state index in [1.165, 1.54) is 0 Å². The van der Waals surface area contributed by atoms with E-state index in [0.717, 1.165) is 16.9 Å². The highest BCUT2D eigenvalue weighted by Crippen LogP contribution is 2.32. The number of carbonyl (C=O) groups is 1. The van der Waals surface area contributed by atoms with Gasteiger partial charge in [-0.2, -0.15) is 0 Å². The molecule has 1 amide bonds. The molecule has 0 aromatic heterocycles. The second-order valence-corrected chi connectivity index (χ2v) is 7.43. The quantitative estimate of drug-likeness (QED) is 0.566. The van der Waals surface area contributed by atoms with Crippen molar-refractivity contribution >= 4 is 34.8 Å². The molecule has 29 heavy (non-hydrogen) atoms. The third-order valence-electron chi connectivity index (χ3n) is 4.47. The summed E-state index contributed by atoms with van der Waals surface area (Å²) in [4.78, 5) is 13.0. The van der Waals surface area contributed by atoms with Crippen LogP contribution in [0.3, 0.4) is 0 Å². The Morgan fingerprint density at radius 2 is 1.66 bits per heavy atom. The van der Waals surface area contributed by atoms with E-state index in [1.807, 2.05) is 48.5 Å². The number of ether oxygens (including phenoxy) is 2. The minimum absolute atomic E-state index is 0.213.